The molecule has 0 aromatic heterocycles. The van der Waals surface area contributed by atoms with Gasteiger partial charge < -0.3 is 10.0 Å². The van der Waals surface area contributed by atoms with E-state index in [9.17, 15) is 9.90 Å². The Hall–Kier alpha value is -1.51. The molecule has 98 valence electrons. The molecule has 0 fully saturated rings. The number of para-hydroxylation sites is 1. The van der Waals surface area contributed by atoms with Crippen molar-refractivity contribution in [3.8, 4) is 0 Å². The van der Waals surface area contributed by atoms with Crippen LogP contribution in [0.5, 0.6) is 0 Å². The summed E-state index contributed by atoms with van der Waals surface area (Å²) in [6.45, 7) is 9.78. The van der Waals surface area contributed by atoms with Crippen molar-refractivity contribution in [1.29, 1.82) is 0 Å². The third-order valence-corrected chi connectivity index (χ3v) is 4.00. The van der Waals surface area contributed by atoms with Gasteiger partial charge in [0.25, 0.3) is 0 Å². The van der Waals surface area contributed by atoms with Crippen molar-refractivity contribution in [2.45, 2.75) is 39.0 Å². The molecule has 1 aromatic carbocycles. The lowest BCUT2D eigenvalue weighted by Crippen LogP contribution is -2.31. The van der Waals surface area contributed by atoms with E-state index < -0.39 is 11.4 Å². The molecule has 1 aliphatic rings. The van der Waals surface area contributed by atoms with Crippen LogP contribution in [0.4, 0.5) is 5.69 Å². The van der Waals surface area contributed by atoms with E-state index in [-0.39, 0.29) is 0 Å². The molecule has 0 bridgehead atoms. The zero-order chi connectivity index (χ0) is 13.5. The van der Waals surface area contributed by atoms with Gasteiger partial charge in [-0.2, -0.15) is 0 Å². The number of benzene rings is 1. The molecule has 1 atom stereocenters. The van der Waals surface area contributed by atoms with Gasteiger partial charge >= 0.3 is 5.97 Å². The highest BCUT2D eigenvalue weighted by atomic mass is 16.4. The number of nitrogens with zero attached hydrogens (tertiary/aromatic N) is 1. The van der Waals surface area contributed by atoms with Gasteiger partial charge in [-0.1, -0.05) is 25.1 Å². The van der Waals surface area contributed by atoms with Crippen LogP contribution in [0.3, 0.4) is 0 Å². The first-order chi connectivity index (χ1) is 8.39. The molecule has 0 spiro atoms. The molecule has 18 heavy (non-hydrogen) atoms. The topological polar surface area (TPSA) is 40.5 Å². The van der Waals surface area contributed by atoms with Crippen molar-refractivity contribution in [3.63, 3.8) is 0 Å². The van der Waals surface area contributed by atoms with Gasteiger partial charge in [0.15, 0.2) is 0 Å². The van der Waals surface area contributed by atoms with Crippen LogP contribution in [-0.4, -0.2) is 24.2 Å². The second-order valence-electron chi connectivity index (χ2n) is 5.61. The van der Waals surface area contributed by atoms with Crippen molar-refractivity contribution in [2.75, 3.05) is 18.0 Å². The summed E-state index contributed by atoms with van der Waals surface area (Å²) in [6, 6.07) is 6.05. The van der Waals surface area contributed by atoms with Gasteiger partial charge in [0.05, 0.1) is 5.41 Å². The molecule has 2 rings (SSSR count). The second-order valence-corrected chi connectivity index (χ2v) is 5.61. The molecule has 3 heteroatoms. The van der Waals surface area contributed by atoms with Crippen molar-refractivity contribution < 1.29 is 9.90 Å². The molecule has 1 aromatic rings. The summed E-state index contributed by atoms with van der Waals surface area (Å²) in [5, 5.41) is 9.43. The zero-order valence-corrected chi connectivity index (χ0v) is 11.5. The van der Waals surface area contributed by atoms with Gasteiger partial charge in [-0.05, 0) is 31.9 Å². The van der Waals surface area contributed by atoms with E-state index in [1.54, 1.807) is 13.8 Å². The zero-order valence-electron chi connectivity index (χ0n) is 11.5. The van der Waals surface area contributed by atoms with Gasteiger partial charge in [0.1, 0.15) is 0 Å². The number of carbonyl (C=O) groups is 1. The van der Waals surface area contributed by atoms with Crippen molar-refractivity contribution >= 4 is 11.7 Å². The maximum absolute atomic E-state index is 11.5. The number of aliphatic carboxylic acids is 1. The van der Waals surface area contributed by atoms with E-state index in [0.29, 0.717) is 5.92 Å². The van der Waals surface area contributed by atoms with Crippen LogP contribution in [0.2, 0.25) is 0 Å². The van der Waals surface area contributed by atoms with E-state index in [0.717, 1.165) is 24.3 Å². The maximum Gasteiger partial charge on any atom is 0.313 e. The Bertz CT molecular complexity index is 479. The SMILES string of the molecule is CCN1CC(C)c2cccc(C(C)(C)C(=O)O)c21. The van der Waals surface area contributed by atoms with Crippen molar-refractivity contribution in [2.24, 2.45) is 0 Å². The van der Waals surface area contributed by atoms with E-state index in [2.05, 4.69) is 24.8 Å². The predicted octanol–water partition coefficient (Wildman–Crippen LogP) is 2.99. The van der Waals surface area contributed by atoms with Crippen LogP contribution in [0, 0.1) is 0 Å². The van der Waals surface area contributed by atoms with Crippen LogP contribution in [0.1, 0.15) is 44.7 Å². The van der Waals surface area contributed by atoms with Crippen molar-refractivity contribution in [1.82, 2.24) is 0 Å². The standard InChI is InChI=1S/C15H21NO2/c1-5-16-9-10(2)11-7-6-8-12(13(11)16)15(3,4)14(17)18/h6-8,10H,5,9H2,1-4H3,(H,17,18). The fourth-order valence-electron chi connectivity index (χ4n) is 2.74. The van der Waals surface area contributed by atoms with Crippen LogP contribution < -0.4 is 4.90 Å². The summed E-state index contributed by atoms with van der Waals surface area (Å²) >= 11 is 0. The minimum atomic E-state index is -0.844. The number of carboxylic acid groups (broad SMARTS) is 1. The van der Waals surface area contributed by atoms with Crippen LogP contribution in [0.15, 0.2) is 18.2 Å². The maximum atomic E-state index is 11.5. The summed E-state index contributed by atoms with van der Waals surface area (Å²) in [7, 11) is 0. The fraction of sp³-hybridized carbons (Fsp3) is 0.533. The molecule has 1 heterocycles. The highest BCUT2D eigenvalue weighted by molar-refractivity contribution is 5.84. The summed E-state index contributed by atoms with van der Waals surface area (Å²) in [5.41, 5.74) is 2.50. The second kappa shape index (κ2) is 4.30. The van der Waals surface area contributed by atoms with Crippen molar-refractivity contribution in [3.05, 3.63) is 29.3 Å². The lowest BCUT2D eigenvalue weighted by molar-refractivity contribution is -0.142. The third kappa shape index (κ3) is 1.78. The molecule has 0 aliphatic carbocycles. The first-order valence-corrected chi connectivity index (χ1v) is 6.51. The van der Waals surface area contributed by atoms with Gasteiger partial charge in [-0.25, -0.2) is 0 Å². The van der Waals surface area contributed by atoms with Gasteiger partial charge in [-0.3, -0.25) is 4.79 Å². The Morgan fingerprint density at radius 3 is 2.72 bits per heavy atom. The lowest BCUT2D eigenvalue weighted by atomic mass is 9.82. The predicted molar refractivity (Wildman–Crippen MR) is 73.4 cm³/mol. The fourth-order valence-corrected chi connectivity index (χ4v) is 2.74. The summed E-state index contributed by atoms with van der Waals surface area (Å²) < 4.78 is 0. The smallest absolute Gasteiger partial charge is 0.313 e. The van der Waals surface area contributed by atoms with Crippen LogP contribution >= 0.6 is 0 Å². The molecule has 1 N–H and O–H groups in total. The first kappa shape index (κ1) is 12.9. The van der Waals surface area contributed by atoms with Gasteiger partial charge in [0, 0.05) is 24.7 Å². The number of fused-ring (bicyclic) bond motifs is 1. The minimum absolute atomic E-state index is 0.476. The Morgan fingerprint density at radius 1 is 1.50 bits per heavy atom. The summed E-state index contributed by atoms with van der Waals surface area (Å²) in [5.74, 6) is -0.295. The largest absolute Gasteiger partial charge is 0.481 e. The molecule has 0 amide bonds. The van der Waals surface area contributed by atoms with E-state index in [1.807, 2.05) is 12.1 Å². The van der Waals surface area contributed by atoms with Gasteiger partial charge in [0.2, 0.25) is 0 Å². The molecule has 0 saturated heterocycles. The van der Waals surface area contributed by atoms with E-state index in [1.165, 1.54) is 5.56 Å². The summed E-state index contributed by atoms with van der Waals surface area (Å²) in [4.78, 5) is 13.8. The Labute approximate surface area is 108 Å². The molecule has 3 nitrogen and oxygen atoms in total. The summed E-state index contributed by atoms with van der Waals surface area (Å²) in [6.07, 6.45) is 0. The normalized spacial score (nSPS) is 18.9. The quantitative estimate of drug-likeness (QED) is 0.892. The molecular formula is C15H21NO2. The highest BCUT2D eigenvalue weighted by Gasteiger charge is 2.36. The minimum Gasteiger partial charge on any atom is -0.481 e. The average molecular weight is 247 g/mol. The number of hydrogen-bond acceptors (Lipinski definition) is 2. The Morgan fingerprint density at radius 2 is 2.17 bits per heavy atom. The molecular weight excluding hydrogens is 226 g/mol. The number of carboxylic acids is 1. The van der Waals surface area contributed by atoms with Crippen LogP contribution in [-0.2, 0) is 10.2 Å². The van der Waals surface area contributed by atoms with Gasteiger partial charge in [-0.15, -0.1) is 0 Å². The monoisotopic (exact) mass is 247 g/mol. The number of hydrogen-bond donors (Lipinski definition) is 1. The molecule has 0 saturated carbocycles. The highest BCUT2D eigenvalue weighted by Crippen LogP contribution is 2.42. The number of likely N-dealkylation sites (N-methyl/N-ethyl adjacent to an activating group) is 1. The number of rotatable bonds is 3. The van der Waals surface area contributed by atoms with Crippen LogP contribution in [0.25, 0.3) is 0 Å². The average Bonchev–Trinajstić information content (AvgIpc) is 2.66. The Kier molecular flexibility index (Phi) is 3.09. The Balaban J connectivity index is 2.62. The third-order valence-electron chi connectivity index (χ3n) is 4.00. The van der Waals surface area contributed by atoms with E-state index in [4.69, 9.17) is 0 Å². The first-order valence-electron chi connectivity index (χ1n) is 6.51. The molecule has 0 radical (unpaired) electrons. The molecule has 1 aliphatic heterocycles. The lowest BCUT2D eigenvalue weighted by Gasteiger charge is -2.27. The molecule has 1 unspecified atom stereocenters. The number of anilines is 1. The van der Waals surface area contributed by atoms with E-state index >= 15 is 0 Å².